The Hall–Kier alpha value is -2.66. The fourth-order valence-corrected chi connectivity index (χ4v) is 3.39. The van der Waals surface area contributed by atoms with Crippen LogP contribution in [0.15, 0.2) is 48.5 Å². The third-order valence-electron chi connectivity index (χ3n) is 3.59. The summed E-state index contributed by atoms with van der Waals surface area (Å²) in [6.07, 6.45) is 0. The summed E-state index contributed by atoms with van der Waals surface area (Å²) in [7, 11) is 1.66. The summed E-state index contributed by atoms with van der Waals surface area (Å²) in [4.78, 5) is 17.0. The minimum atomic E-state index is -0.0760. The van der Waals surface area contributed by atoms with Crippen molar-refractivity contribution < 1.29 is 9.53 Å². The largest absolute Gasteiger partial charge is 0.497 e. The Morgan fingerprint density at radius 2 is 1.88 bits per heavy atom. The summed E-state index contributed by atoms with van der Waals surface area (Å²) >= 11 is 1.66. The van der Waals surface area contributed by atoms with Gasteiger partial charge in [-0.3, -0.25) is 4.79 Å². The molecule has 0 radical (unpaired) electrons. The van der Waals surface area contributed by atoms with Crippen LogP contribution in [-0.4, -0.2) is 18.0 Å². The molecule has 1 N–H and O–H groups in total. The van der Waals surface area contributed by atoms with Crippen molar-refractivity contribution in [1.82, 2.24) is 4.98 Å². The predicted octanol–water partition coefficient (Wildman–Crippen LogP) is 4.75. The van der Waals surface area contributed by atoms with Crippen molar-refractivity contribution in [3.8, 4) is 27.6 Å². The smallest absolute Gasteiger partial charge is 0.221 e. The van der Waals surface area contributed by atoms with E-state index in [1.54, 1.807) is 18.4 Å². The van der Waals surface area contributed by atoms with Gasteiger partial charge in [0.05, 0.1) is 12.8 Å². The summed E-state index contributed by atoms with van der Waals surface area (Å²) in [5.41, 5.74) is 3.83. The molecule has 0 saturated heterocycles. The summed E-state index contributed by atoms with van der Waals surface area (Å²) in [6, 6.07) is 15.6. The first-order valence-corrected chi connectivity index (χ1v) is 8.38. The molecule has 1 aromatic heterocycles. The number of ether oxygens (including phenoxy) is 1. The van der Waals surface area contributed by atoms with Crippen LogP contribution < -0.4 is 10.1 Å². The molecule has 5 heteroatoms. The van der Waals surface area contributed by atoms with Gasteiger partial charge in [-0.2, -0.15) is 0 Å². The summed E-state index contributed by atoms with van der Waals surface area (Å²) in [6.45, 7) is 3.57. The van der Waals surface area contributed by atoms with Crippen LogP contribution in [0, 0.1) is 6.92 Å². The van der Waals surface area contributed by atoms with E-state index >= 15 is 0 Å². The van der Waals surface area contributed by atoms with Gasteiger partial charge in [0.1, 0.15) is 10.8 Å². The topological polar surface area (TPSA) is 51.2 Å². The number of aromatic nitrogens is 1. The lowest BCUT2D eigenvalue weighted by Gasteiger charge is -2.03. The molecule has 0 unspecified atom stereocenters. The van der Waals surface area contributed by atoms with E-state index in [0.29, 0.717) is 0 Å². The van der Waals surface area contributed by atoms with Crippen molar-refractivity contribution in [3.63, 3.8) is 0 Å². The molecule has 0 fully saturated rings. The number of carbonyl (C=O) groups excluding carboxylic acids is 1. The number of anilines is 1. The zero-order valence-electron chi connectivity index (χ0n) is 13.8. The van der Waals surface area contributed by atoms with E-state index in [0.717, 1.165) is 38.1 Å². The Morgan fingerprint density at radius 1 is 1.12 bits per heavy atom. The van der Waals surface area contributed by atoms with Crippen LogP contribution in [0.2, 0.25) is 0 Å². The van der Waals surface area contributed by atoms with E-state index in [9.17, 15) is 4.79 Å². The van der Waals surface area contributed by atoms with Crippen molar-refractivity contribution in [2.75, 3.05) is 12.4 Å². The molecule has 4 nitrogen and oxygen atoms in total. The lowest BCUT2D eigenvalue weighted by atomic mass is 10.1. The Bertz CT molecular complexity index is 869. The Balaban J connectivity index is 1.92. The molecule has 1 heterocycles. The van der Waals surface area contributed by atoms with Crippen LogP contribution in [0.3, 0.4) is 0 Å². The van der Waals surface area contributed by atoms with Gasteiger partial charge in [0.15, 0.2) is 0 Å². The zero-order valence-corrected chi connectivity index (χ0v) is 14.6. The van der Waals surface area contributed by atoms with Gasteiger partial charge < -0.3 is 10.1 Å². The maximum atomic E-state index is 11.1. The van der Waals surface area contributed by atoms with E-state index in [1.807, 2.05) is 48.5 Å². The van der Waals surface area contributed by atoms with Crippen LogP contribution in [0.4, 0.5) is 5.69 Å². The van der Waals surface area contributed by atoms with Gasteiger partial charge in [0, 0.05) is 28.6 Å². The van der Waals surface area contributed by atoms with Gasteiger partial charge in [-0.25, -0.2) is 4.98 Å². The number of hydrogen-bond donors (Lipinski definition) is 1. The quantitative estimate of drug-likeness (QED) is 0.746. The van der Waals surface area contributed by atoms with E-state index in [2.05, 4.69) is 12.2 Å². The lowest BCUT2D eigenvalue weighted by Crippen LogP contribution is -2.05. The van der Waals surface area contributed by atoms with Gasteiger partial charge >= 0.3 is 0 Å². The SMILES string of the molecule is COc1cccc(-c2nc(-c3ccc(NC(C)=O)cc3)c(C)s2)c1. The minimum Gasteiger partial charge on any atom is -0.497 e. The number of hydrogen-bond acceptors (Lipinski definition) is 4. The number of amides is 1. The molecule has 1 amide bonds. The van der Waals surface area contributed by atoms with Gasteiger partial charge in [-0.15, -0.1) is 11.3 Å². The van der Waals surface area contributed by atoms with Crippen LogP contribution >= 0.6 is 11.3 Å². The second-order valence-electron chi connectivity index (χ2n) is 5.41. The van der Waals surface area contributed by atoms with Crippen molar-refractivity contribution in [1.29, 1.82) is 0 Å². The monoisotopic (exact) mass is 338 g/mol. The van der Waals surface area contributed by atoms with Crippen LogP contribution in [-0.2, 0) is 4.79 Å². The van der Waals surface area contributed by atoms with Crippen LogP contribution in [0.1, 0.15) is 11.8 Å². The normalized spacial score (nSPS) is 10.5. The third kappa shape index (κ3) is 3.46. The average Bonchev–Trinajstić information content (AvgIpc) is 2.97. The Morgan fingerprint density at radius 3 is 2.54 bits per heavy atom. The van der Waals surface area contributed by atoms with Crippen molar-refractivity contribution >= 4 is 22.9 Å². The highest BCUT2D eigenvalue weighted by Gasteiger charge is 2.12. The standard InChI is InChI=1S/C19H18N2O2S/c1-12-18(14-7-9-16(10-8-14)20-13(2)22)21-19(24-12)15-5-4-6-17(11-15)23-3/h4-11H,1-3H3,(H,20,22). The fourth-order valence-electron chi connectivity index (χ4n) is 2.46. The molecule has 0 spiro atoms. The maximum Gasteiger partial charge on any atom is 0.221 e. The molecular formula is C19H18N2O2S. The number of rotatable bonds is 4. The third-order valence-corrected chi connectivity index (χ3v) is 4.61. The average molecular weight is 338 g/mol. The molecule has 122 valence electrons. The van der Waals surface area contributed by atoms with Crippen molar-refractivity contribution in [2.45, 2.75) is 13.8 Å². The maximum absolute atomic E-state index is 11.1. The molecule has 0 atom stereocenters. The lowest BCUT2D eigenvalue weighted by molar-refractivity contribution is -0.114. The molecule has 0 aliphatic rings. The highest BCUT2D eigenvalue weighted by molar-refractivity contribution is 7.15. The van der Waals surface area contributed by atoms with Gasteiger partial charge in [0.2, 0.25) is 5.91 Å². The van der Waals surface area contributed by atoms with Crippen molar-refractivity contribution in [3.05, 3.63) is 53.4 Å². The number of thiazole rings is 1. The second kappa shape index (κ2) is 6.84. The summed E-state index contributed by atoms with van der Waals surface area (Å²) in [5, 5.41) is 3.74. The Labute approximate surface area is 145 Å². The number of nitrogens with zero attached hydrogens (tertiary/aromatic N) is 1. The highest BCUT2D eigenvalue weighted by atomic mass is 32.1. The molecular weight excluding hydrogens is 320 g/mol. The minimum absolute atomic E-state index is 0.0760. The molecule has 24 heavy (non-hydrogen) atoms. The summed E-state index contributed by atoms with van der Waals surface area (Å²) < 4.78 is 5.29. The summed E-state index contributed by atoms with van der Waals surface area (Å²) in [5.74, 6) is 0.745. The zero-order chi connectivity index (χ0) is 17.1. The molecule has 2 aromatic carbocycles. The first-order valence-electron chi connectivity index (χ1n) is 7.56. The highest BCUT2D eigenvalue weighted by Crippen LogP contribution is 2.34. The molecule has 0 aliphatic heterocycles. The van der Waals surface area contributed by atoms with Crippen LogP contribution in [0.5, 0.6) is 5.75 Å². The van der Waals surface area contributed by atoms with Crippen molar-refractivity contribution in [2.24, 2.45) is 0 Å². The predicted molar refractivity (Wildman–Crippen MR) is 98.6 cm³/mol. The molecule has 0 bridgehead atoms. The number of methoxy groups -OCH3 is 1. The van der Waals surface area contributed by atoms with Gasteiger partial charge in [-0.1, -0.05) is 24.3 Å². The van der Waals surface area contributed by atoms with E-state index in [-0.39, 0.29) is 5.91 Å². The van der Waals surface area contributed by atoms with E-state index in [1.165, 1.54) is 6.92 Å². The number of nitrogens with one attached hydrogen (secondary N) is 1. The number of carbonyl (C=O) groups is 1. The first kappa shape index (κ1) is 16.2. The molecule has 0 saturated carbocycles. The van der Waals surface area contributed by atoms with Crippen LogP contribution in [0.25, 0.3) is 21.8 Å². The molecule has 0 aliphatic carbocycles. The van der Waals surface area contributed by atoms with Gasteiger partial charge in [0.25, 0.3) is 0 Å². The van der Waals surface area contributed by atoms with E-state index < -0.39 is 0 Å². The first-order chi connectivity index (χ1) is 11.6. The van der Waals surface area contributed by atoms with E-state index in [4.69, 9.17) is 9.72 Å². The molecule has 3 rings (SSSR count). The second-order valence-corrected chi connectivity index (χ2v) is 6.62. The van der Waals surface area contributed by atoms with Gasteiger partial charge in [-0.05, 0) is 31.2 Å². The molecule has 3 aromatic rings. The number of benzene rings is 2. The fraction of sp³-hybridized carbons (Fsp3) is 0.158. The number of aryl methyl sites for hydroxylation is 1. The Kier molecular flexibility index (Phi) is 4.62.